The van der Waals surface area contributed by atoms with Gasteiger partial charge >= 0.3 is 0 Å². The van der Waals surface area contributed by atoms with Crippen LogP contribution in [0.1, 0.15) is 115 Å². The number of hydrogen-bond donors (Lipinski definition) is 0. The largest absolute Gasteiger partial charge is 0.288 e. The average Bonchev–Trinajstić information content (AvgIpc) is 3.98. The van der Waals surface area contributed by atoms with E-state index in [4.69, 9.17) is 0 Å². The van der Waals surface area contributed by atoms with Gasteiger partial charge < -0.3 is 0 Å². The van der Waals surface area contributed by atoms with E-state index in [2.05, 4.69) is 53.7 Å². The van der Waals surface area contributed by atoms with Crippen LogP contribution in [0.15, 0.2) is 83.0 Å². The lowest BCUT2D eigenvalue weighted by Crippen LogP contribution is -2.27. The predicted molar refractivity (Wildman–Crippen MR) is 223 cm³/mol. The monoisotopic (exact) mass is 822 g/mol. The van der Waals surface area contributed by atoms with Gasteiger partial charge in [-0.05, 0) is 128 Å². The van der Waals surface area contributed by atoms with Crippen molar-refractivity contribution in [2.75, 3.05) is 0 Å². The summed E-state index contributed by atoms with van der Waals surface area (Å²) in [6.45, 7) is 12.8. The zero-order valence-electron chi connectivity index (χ0n) is 32.4. The molecule has 0 fully saturated rings. The summed E-state index contributed by atoms with van der Waals surface area (Å²) in [6.07, 6.45) is 7.48. The van der Waals surface area contributed by atoms with Gasteiger partial charge in [-0.25, -0.2) is 17.6 Å². The van der Waals surface area contributed by atoms with Crippen LogP contribution >= 0.6 is 22.7 Å². The number of fused-ring (bicyclic) bond motifs is 11. The first-order valence-corrected chi connectivity index (χ1v) is 20.7. The third-order valence-corrected chi connectivity index (χ3v) is 15.6. The average molecular weight is 823 g/mol. The lowest BCUT2D eigenvalue weighted by atomic mass is 9.70. The molecule has 5 aliphatic carbocycles. The summed E-state index contributed by atoms with van der Waals surface area (Å²) < 4.78 is 56.2. The van der Waals surface area contributed by atoms with Crippen molar-refractivity contribution in [3.63, 3.8) is 0 Å². The molecule has 2 aromatic heterocycles. The normalized spacial score (nSPS) is 18.7. The molecule has 0 N–H and O–H groups in total. The minimum Gasteiger partial charge on any atom is -0.288 e. The van der Waals surface area contributed by atoms with Crippen molar-refractivity contribution in [1.29, 1.82) is 0 Å². The van der Waals surface area contributed by atoms with Crippen LogP contribution in [-0.4, -0.2) is 23.1 Å². The number of thiophene rings is 2. The molecule has 0 aliphatic heterocycles. The van der Waals surface area contributed by atoms with Crippen LogP contribution in [-0.2, 0) is 16.2 Å². The van der Waals surface area contributed by atoms with Crippen LogP contribution in [0.3, 0.4) is 0 Å². The quantitative estimate of drug-likeness (QED) is 0.0991. The molecule has 11 rings (SSSR count). The number of rotatable bonds is 2. The predicted octanol–water partition coefficient (Wildman–Crippen LogP) is 12.3. The first-order chi connectivity index (χ1) is 27.8. The molecule has 290 valence electrons. The lowest BCUT2D eigenvalue weighted by Gasteiger charge is -2.32. The Morgan fingerprint density at radius 2 is 0.712 bits per heavy atom. The maximum absolute atomic E-state index is 14.1. The molecule has 6 aromatic rings. The Morgan fingerprint density at radius 3 is 1.00 bits per heavy atom. The molecule has 0 saturated heterocycles. The van der Waals surface area contributed by atoms with Crippen molar-refractivity contribution in [3.05, 3.63) is 161 Å². The standard InChI is InChI=1S/C49H30F4O4S2/c1-47(2)23(15-29-41(54)25-7-19-11-31(50)32(51)12-20(19)8-26(25)42(29)55)17-35-37(47)39-45(58-35)46-40(49(39,5)6)38-36(59-46)18-24(48(38,3)4)16-30-43(56)27-9-21-13-33(52)34(53)14-22(21)10-28(27)44(30)57/h7-18H,1-6H3. The van der Waals surface area contributed by atoms with Crippen LogP contribution in [0, 0.1) is 23.3 Å². The Morgan fingerprint density at radius 1 is 0.424 bits per heavy atom. The topological polar surface area (TPSA) is 68.3 Å². The van der Waals surface area contributed by atoms with E-state index >= 15 is 0 Å². The first kappa shape index (κ1) is 36.3. The number of carbonyl (C=O) groups is 4. The summed E-state index contributed by atoms with van der Waals surface area (Å²) in [5, 5.41) is 1.35. The van der Waals surface area contributed by atoms with Gasteiger partial charge in [0.15, 0.2) is 46.4 Å². The van der Waals surface area contributed by atoms with Crippen molar-refractivity contribution >= 4 is 79.5 Å². The molecular formula is C49H30F4O4S2. The van der Waals surface area contributed by atoms with Gasteiger partial charge in [0, 0.05) is 58.0 Å². The molecule has 4 aromatic carbocycles. The van der Waals surface area contributed by atoms with E-state index in [1.165, 1.54) is 45.1 Å². The Bertz CT molecular complexity index is 2960. The summed E-state index contributed by atoms with van der Waals surface area (Å²) >= 11 is 3.38. The van der Waals surface area contributed by atoms with E-state index < -0.39 is 62.6 Å². The fraction of sp³-hybridized carbons (Fsp3) is 0.184. The molecule has 4 nitrogen and oxygen atoms in total. The summed E-state index contributed by atoms with van der Waals surface area (Å²) in [6, 6.07) is 9.96. The number of halogens is 4. The van der Waals surface area contributed by atoms with Gasteiger partial charge in [0.1, 0.15) is 0 Å². The number of hydrogen-bond acceptors (Lipinski definition) is 6. The molecule has 59 heavy (non-hydrogen) atoms. The van der Waals surface area contributed by atoms with Gasteiger partial charge in [-0.3, -0.25) is 19.2 Å². The highest BCUT2D eigenvalue weighted by Crippen LogP contribution is 2.66. The van der Waals surface area contributed by atoms with E-state index in [1.807, 2.05) is 0 Å². The summed E-state index contributed by atoms with van der Waals surface area (Å²) in [5.74, 6) is -5.90. The number of allylic oxidation sites excluding steroid dienone is 6. The van der Waals surface area contributed by atoms with E-state index in [9.17, 15) is 36.7 Å². The van der Waals surface area contributed by atoms with Crippen molar-refractivity contribution in [2.45, 2.75) is 57.8 Å². The van der Waals surface area contributed by atoms with Gasteiger partial charge in [0.25, 0.3) is 0 Å². The number of carbonyl (C=O) groups excluding carboxylic acids is 4. The molecule has 0 unspecified atom stereocenters. The highest BCUT2D eigenvalue weighted by atomic mass is 32.1. The molecule has 0 spiro atoms. The molecule has 0 saturated carbocycles. The number of benzene rings is 4. The second-order valence-corrected chi connectivity index (χ2v) is 19.7. The van der Waals surface area contributed by atoms with E-state index in [1.54, 1.807) is 34.8 Å². The second kappa shape index (κ2) is 11.2. The third-order valence-electron chi connectivity index (χ3n) is 13.2. The highest BCUT2D eigenvalue weighted by Gasteiger charge is 2.52. The molecule has 5 aliphatic rings. The van der Waals surface area contributed by atoms with Crippen LogP contribution in [0.25, 0.3) is 43.5 Å². The Balaban J connectivity index is 0.950. The third kappa shape index (κ3) is 4.53. The van der Waals surface area contributed by atoms with Crippen molar-refractivity contribution in [1.82, 2.24) is 0 Å². The zero-order valence-corrected chi connectivity index (χ0v) is 34.0. The molecule has 0 radical (unpaired) electrons. The van der Waals surface area contributed by atoms with Crippen LogP contribution in [0.2, 0.25) is 0 Å². The van der Waals surface area contributed by atoms with Crippen LogP contribution < -0.4 is 0 Å². The molecule has 0 amide bonds. The van der Waals surface area contributed by atoms with Crippen molar-refractivity contribution < 1.29 is 36.7 Å². The SMILES string of the molecule is CC1(C)C(C=C2C(=O)c3cc4cc(F)c(F)cc4cc3C2=O)=Cc2sc3c(c21)C(C)(C)c1c-3sc2c1C(C)(C)C(C=C1C(=O)c3cc4cc(F)c(F)cc4cc3C1=O)=C2. The molecular weight excluding hydrogens is 793 g/mol. The zero-order chi connectivity index (χ0) is 41.6. The van der Waals surface area contributed by atoms with Gasteiger partial charge in [-0.15, -0.1) is 22.7 Å². The second-order valence-electron chi connectivity index (χ2n) is 17.6. The summed E-state index contributed by atoms with van der Waals surface area (Å²) in [4.78, 5) is 59.4. The highest BCUT2D eigenvalue weighted by molar-refractivity contribution is 7.23. The van der Waals surface area contributed by atoms with Crippen LogP contribution in [0.5, 0.6) is 0 Å². The van der Waals surface area contributed by atoms with Gasteiger partial charge in [-0.2, -0.15) is 0 Å². The van der Waals surface area contributed by atoms with Gasteiger partial charge in [0.2, 0.25) is 0 Å². The van der Waals surface area contributed by atoms with E-state index in [0.29, 0.717) is 21.5 Å². The fourth-order valence-corrected chi connectivity index (χ4v) is 13.3. The van der Waals surface area contributed by atoms with Crippen LogP contribution in [0.4, 0.5) is 17.6 Å². The minimum atomic E-state index is -1.03. The Kier molecular flexibility index (Phi) is 6.91. The summed E-state index contributed by atoms with van der Waals surface area (Å²) in [7, 11) is 0. The van der Waals surface area contributed by atoms with E-state index in [0.717, 1.165) is 56.3 Å². The maximum Gasteiger partial charge on any atom is 0.197 e. The molecule has 10 heteroatoms. The fourth-order valence-electron chi connectivity index (χ4n) is 10.1. The smallest absolute Gasteiger partial charge is 0.197 e. The van der Waals surface area contributed by atoms with Gasteiger partial charge in [-0.1, -0.05) is 41.5 Å². The molecule has 0 bridgehead atoms. The Hall–Kier alpha value is -5.84. The van der Waals surface area contributed by atoms with Gasteiger partial charge in [0.05, 0.1) is 11.1 Å². The Labute approximate surface area is 342 Å². The number of ketones is 4. The lowest BCUT2D eigenvalue weighted by molar-refractivity contribution is 0.0973. The van der Waals surface area contributed by atoms with Crippen molar-refractivity contribution in [3.8, 4) is 9.75 Å². The maximum atomic E-state index is 14.1. The van der Waals surface area contributed by atoms with Crippen molar-refractivity contribution in [2.24, 2.45) is 0 Å². The van der Waals surface area contributed by atoms with E-state index in [-0.39, 0.29) is 33.4 Å². The summed E-state index contributed by atoms with van der Waals surface area (Å²) in [5.41, 5.74) is 5.38. The first-order valence-electron chi connectivity index (χ1n) is 19.1. The number of Topliss-reactive ketones (excluding diaryl/α,β-unsaturated/α-hetero) is 4. The molecule has 2 heterocycles. The minimum absolute atomic E-state index is 0.0198. The molecule has 0 atom stereocenters.